The summed E-state index contributed by atoms with van der Waals surface area (Å²) >= 11 is 0. The summed E-state index contributed by atoms with van der Waals surface area (Å²) in [6, 6.07) is 2.07. The molecule has 1 fully saturated rings. The highest BCUT2D eigenvalue weighted by atomic mass is 16.5. The zero-order valence-electron chi connectivity index (χ0n) is 14.8. The molecular weight excluding hydrogens is 306 g/mol. The highest BCUT2D eigenvalue weighted by Crippen LogP contribution is 2.30. The van der Waals surface area contributed by atoms with Crippen LogP contribution in [0.2, 0.25) is 0 Å². The van der Waals surface area contributed by atoms with Gasteiger partial charge in [-0.15, -0.1) is 0 Å². The molecule has 7 nitrogen and oxygen atoms in total. The predicted octanol–water partition coefficient (Wildman–Crippen LogP) is 2.11. The van der Waals surface area contributed by atoms with E-state index >= 15 is 0 Å². The van der Waals surface area contributed by atoms with E-state index in [1.807, 2.05) is 32.8 Å². The van der Waals surface area contributed by atoms with Crippen molar-refractivity contribution in [3.63, 3.8) is 0 Å². The summed E-state index contributed by atoms with van der Waals surface area (Å²) < 4.78 is 5.21. The lowest BCUT2D eigenvalue weighted by Gasteiger charge is -2.33. The zero-order chi connectivity index (χ0) is 17.3. The number of aryl methyl sites for hydroxylation is 1. The maximum atomic E-state index is 12.1. The first-order chi connectivity index (χ1) is 11.5. The number of rotatable bonds is 4. The maximum absolute atomic E-state index is 12.1. The lowest BCUT2D eigenvalue weighted by Crippen LogP contribution is -2.40. The standard InChI is InChI=1S/C17H25N5O2/c1-5-24-16(23)12-7-6-8-22(10-12)15-13-9-11(2)18-14(13)19-17(20-15)21(3)4/h9,12H,5-8,10H2,1-4H3,(H,18,19,20). The van der Waals surface area contributed by atoms with E-state index in [0.29, 0.717) is 19.1 Å². The van der Waals surface area contributed by atoms with Gasteiger partial charge in [-0.25, -0.2) is 0 Å². The summed E-state index contributed by atoms with van der Waals surface area (Å²) in [6.07, 6.45) is 1.83. The molecule has 0 aromatic carbocycles. The Morgan fingerprint density at radius 1 is 1.46 bits per heavy atom. The summed E-state index contributed by atoms with van der Waals surface area (Å²) in [7, 11) is 3.86. The van der Waals surface area contributed by atoms with E-state index in [4.69, 9.17) is 9.72 Å². The first-order valence-corrected chi connectivity index (χ1v) is 8.46. The molecule has 1 atom stereocenters. The van der Waals surface area contributed by atoms with Gasteiger partial charge in [0.1, 0.15) is 11.5 Å². The number of anilines is 2. The number of carbonyl (C=O) groups is 1. The van der Waals surface area contributed by atoms with E-state index in [-0.39, 0.29) is 11.9 Å². The monoisotopic (exact) mass is 331 g/mol. The van der Waals surface area contributed by atoms with Crippen LogP contribution < -0.4 is 9.80 Å². The van der Waals surface area contributed by atoms with Gasteiger partial charge >= 0.3 is 5.97 Å². The van der Waals surface area contributed by atoms with Gasteiger partial charge in [0.15, 0.2) is 0 Å². The largest absolute Gasteiger partial charge is 0.466 e. The molecule has 0 amide bonds. The molecule has 2 aromatic heterocycles. The van der Waals surface area contributed by atoms with Gasteiger partial charge in [-0.2, -0.15) is 9.97 Å². The maximum Gasteiger partial charge on any atom is 0.310 e. The summed E-state index contributed by atoms with van der Waals surface area (Å²) in [5.74, 6) is 1.36. The fourth-order valence-electron chi connectivity index (χ4n) is 3.18. The van der Waals surface area contributed by atoms with Crippen LogP contribution in [0, 0.1) is 12.8 Å². The molecule has 24 heavy (non-hydrogen) atoms. The van der Waals surface area contributed by atoms with Crippen molar-refractivity contribution in [1.29, 1.82) is 0 Å². The first-order valence-electron chi connectivity index (χ1n) is 8.46. The Morgan fingerprint density at radius 2 is 2.25 bits per heavy atom. The van der Waals surface area contributed by atoms with Gasteiger partial charge in [0, 0.05) is 32.9 Å². The number of nitrogens with one attached hydrogen (secondary N) is 1. The van der Waals surface area contributed by atoms with Crippen LogP contribution in [-0.2, 0) is 9.53 Å². The number of hydrogen-bond acceptors (Lipinski definition) is 6. The molecule has 1 aliphatic rings. The second kappa shape index (κ2) is 6.67. The Hall–Kier alpha value is -2.31. The fourth-order valence-corrected chi connectivity index (χ4v) is 3.18. The third kappa shape index (κ3) is 3.16. The van der Waals surface area contributed by atoms with E-state index in [1.54, 1.807) is 0 Å². The molecule has 1 aliphatic heterocycles. The fraction of sp³-hybridized carbons (Fsp3) is 0.588. The number of H-pyrrole nitrogens is 1. The van der Waals surface area contributed by atoms with Crippen molar-refractivity contribution in [2.45, 2.75) is 26.7 Å². The Kier molecular flexibility index (Phi) is 4.59. The molecule has 1 saturated heterocycles. The summed E-state index contributed by atoms with van der Waals surface area (Å²) in [4.78, 5) is 28.8. The topological polar surface area (TPSA) is 74.3 Å². The van der Waals surface area contributed by atoms with Crippen molar-refractivity contribution in [2.75, 3.05) is 43.6 Å². The first kappa shape index (κ1) is 16.5. The SMILES string of the molecule is CCOC(=O)C1CCCN(c2nc(N(C)C)nc3[nH]c(C)cc23)C1. The molecule has 7 heteroatoms. The Balaban J connectivity index is 1.96. The smallest absolute Gasteiger partial charge is 0.310 e. The summed E-state index contributed by atoms with van der Waals surface area (Å²) in [5, 5.41) is 1.00. The molecule has 0 saturated carbocycles. The van der Waals surface area contributed by atoms with Crippen LogP contribution in [0.4, 0.5) is 11.8 Å². The van der Waals surface area contributed by atoms with E-state index in [1.165, 1.54) is 0 Å². The Bertz CT molecular complexity index is 740. The van der Waals surface area contributed by atoms with Crippen molar-refractivity contribution < 1.29 is 9.53 Å². The van der Waals surface area contributed by atoms with Crippen molar-refractivity contribution in [1.82, 2.24) is 15.0 Å². The highest BCUT2D eigenvalue weighted by molar-refractivity contribution is 5.90. The highest BCUT2D eigenvalue weighted by Gasteiger charge is 2.29. The molecule has 1 unspecified atom stereocenters. The Labute approximate surface area is 142 Å². The minimum Gasteiger partial charge on any atom is -0.466 e. The normalized spacial score (nSPS) is 18.0. The molecular formula is C17H25N5O2. The second-order valence-electron chi connectivity index (χ2n) is 6.49. The lowest BCUT2D eigenvalue weighted by molar-refractivity contribution is -0.148. The quantitative estimate of drug-likeness (QED) is 0.865. The number of esters is 1. The van der Waals surface area contributed by atoms with Gasteiger partial charge in [-0.05, 0) is 32.8 Å². The molecule has 2 aromatic rings. The van der Waals surface area contributed by atoms with Crippen LogP contribution in [-0.4, -0.2) is 54.7 Å². The number of aromatic nitrogens is 3. The molecule has 130 valence electrons. The van der Waals surface area contributed by atoms with Crippen LogP contribution in [0.15, 0.2) is 6.07 Å². The molecule has 1 N–H and O–H groups in total. The van der Waals surface area contributed by atoms with Crippen molar-refractivity contribution in [2.24, 2.45) is 5.92 Å². The van der Waals surface area contributed by atoms with Gasteiger partial charge in [0.2, 0.25) is 5.95 Å². The summed E-state index contributed by atoms with van der Waals surface area (Å²) in [6.45, 7) is 5.81. The number of carbonyl (C=O) groups excluding carboxylic acids is 1. The van der Waals surface area contributed by atoms with Gasteiger partial charge in [0.05, 0.1) is 17.9 Å². The minimum atomic E-state index is -0.106. The van der Waals surface area contributed by atoms with Crippen molar-refractivity contribution >= 4 is 28.8 Å². The van der Waals surface area contributed by atoms with E-state index in [2.05, 4.69) is 20.9 Å². The van der Waals surface area contributed by atoms with Crippen LogP contribution >= 0.6 is 0 Å². The number of ether oxygens (including phenoxy) is 1. The number of hydrogen-bond donors (Lipinski definition) is 1. The average Bonchev–Trinajstić information content (AvgIpc) is 2.94. The van der Waals surface area contributed by atoms with Crippen LogP contribution in [0.25, 0.3) is 11.0 Å². The third-order valence-electron chi connectivity index (χ3n) is 4.33. The molecule has 0 bridgehead atoms. The average molecular weight is 331 g/mol. The van der Waals surface area contributed by atoms with Crippen molar-refractivity contribution in [3.8, 4) is 0 Å². The van der Waals surface area contributed by atoms with E-state index < -0.39 is 0 Å². The number of fused-ring (bicyclic) bond motifs is 1. The predicted molar refractivity (Wildman–Crippen MR) is 94.5 cm³/mol. The van der Waals surface area contributed by atoms with Gasteiger partial charge in [-0.1, -0.05) is 0 Å². The van der Waals surface area contributed by atoms with Crippen molar-refractivity contribution in [3.05, 3.63) is 11.8 Å². The third-order valence-corrected chi connectivity index (χ3v) is 4.33. The minimum absolute atomic E-state index is 0.0911. The zero-order valence-corrected chi connectivity index (χ0v) is 14.8. The van der Waals surface area contributed by atoms with E-state index in [0.717, 1.165) is 41.9 Å². The van der Waals surface area contributed by atoms with Crippen LogP contribution in [0.1, 0.15) is 25.5 Å². The Morgan fingerprint density at radius 3 is 2.96 bits per heavy atom. The molecule has 0 radical (unpaired) electrons. The van der Waals surface area contributed by atoms with Crippen LogP contribution in [0.5, 0.6) is 0 Å². The van der Waals surface area contributed by atoms with Gasteiger partial charge in [0.25, 0.3) is 0 Å². The lowest BCUT2D eigenvalue weighted by atomic mass is 9.98. The second-order valence-corrected chi connectivity index (χ2v) is 6.49. The number of piperidine rings is 1. The van der Waals surface area contributed by atoms with E-state index in [9.17, 15) is 4.79 Å². The number of nitrogens with zero attached hydrogens (tertiary/aromatic N) is 4. The van der Waals surface area contributed by atoms with Gasteiger partial charge < -0.3 is 19.5 Å². The molecule has 0 aliphatic carbocycles. The molecule has 3 rings (SSSR count). The van der Waals surface area contributed by atoms with Crippen LogP contribution in [0.3, 0.4) is 0 Å². The number of aromatic amines is 1. The summed E-state index contributed by atoms with van der Waals surface area (Å²) in [5.41, 5.74) is 1.88. The van der Waals surface area contributed by atoms with Gasteiger partial charge in [-0.3, -0.25) is 4.79 Å². The molecule has 0 spiro atoms. The molecule has 3 heterocycles.